The molecule has 0 aromatic heterocycles. The zero-order valence-electron chi connectivity index (χ0n) is 13.8. The number of nitrogens with zero attached hydrogens (tertiary/aromatic N) is 1. The fraction of sp³-hybridized carbons (Fsp3) is 0.667. The quantitative estimate of drug-likeness (QED) is 0.331. The number of amides is 1. The normalized spacial score (nSPS) is 23.8. The average molecular weight is 326 g/mol. The van der Waals surface area contributed by atoms with Crippen LogP contribution in [-0.4, -0.2) is 42.6 Å². The molecule has 5 N–H and O–H groups in total. The fourth-order valence-corrected chi connectivity index (χ4v) is 2.62. The molecule has 8 heteroatoms. The molecule has 130 valence electrons. The molecule has 0 spiro atoms. The van der Waals surface area contributed by atoms with Crippen molar-refractivity contribution in [3.8, 4) is 0 Å². The summed E-state index contributed by atoms with van der Waals surface area (Å²) in [7, 11) is 0. The third-order valence-corrected chi connectivity index (χ3v) is 3.67. The minimum Gasteiger partial charge on any atom is -0.433 e. The van der Waals surface area contributed by atoms with Crippen molar-refractivity contribution in [1.82, 2.24) is 5.32 Å². The number of ether oxygens (including phenoxy) is 2. The third-order valence-electron chi connectivity index (χ3n) is 3.67. The molecule has 0 aliphatic heterocycles. The van der Waals surface area contributed by atoms with Gasteiger partial charge in [-0.15, -0.1) is 0 Å². The number of nitrogens with one attached hydrogen (secondary N) is 1. The van der Waals surface area contributed by atoms with Gasteiger partial charge in [0.15, 0.2) is 5.96 Å². The van der Waals surface area contributed by atoms with Crippen LogP contribution in [0.5, 0.6) is 0 Å². The lowest BCUT2D eigenvalue weighted by molar-refractivity contribution is -0.128. The second-order valence-corrected chi connectivity index (χ2v) is 5.44. The number of nitrogens with two attached hydrogens (primary N) is 2. The summed E-state index contributed by atoms with van der Waals surface area (Å²) in [4.78, 5) is 26.3. The van der Waals surface area contributed by atoms with Crippen LogP contribution < -0.4 is 16.8 Å². The zero-order valence-corrected chi connectivity index (χ0v) is 13.8. The van der Waals surface area contributed by atoms with E-state index in [-0.39, 0.29) is 18.0 Å². The standard InChI is InChI=1S/C15H26N4O4/c1-4-10(5-2)23-13-7-11(22-8-20)6-12(19-15(16)17)14(13)18-9(3)21/h6,8,10,12-14H,4-5,7H2,1-3H3,(H,18,21)(H4,16,17,19)/t12-,13+,14+/m0/s1. The highest BCUT2D eigenvalue weighted by atomic mass is 16.5. The van der Waals surface area contributed by atoms with Crippen molar-refractivity contribution < 1.29 is 19.1 Å². The smallest absolute Gasteiger partial charge is 0.298 e. The molecule has 0 saturated carbocycles. The maximum absolute atomic E-state index is 11.5. The summed E-state index contributed by atoms with van der Waals surface area (Å²) in [5.74, 6) is 0.0971. The first kappa shape index (κ1) is 19.0. The zero-order chi connectivity index (χ0) is 17.4. The largest absolute Gasteiger partial charge is 0.433 e. The lowest BCUT2D eigenvalue weighted by Crippen LogP contribution is -2.53. The second-order valence-electron chi connectivity index (χ2n) is 5.44. The van der Waals surface area contributed by atoms with Crippen LogP contribution in [0.1, 0.15) is 40.0 Å². The Bertz CT molecular complexity index is 470. The van der Waals surface area contributed by atoms with Crippen LogP contribution in [0.2, 0.25) is 0 Å². The predicted octanol–water partition coefficient (Wildman–Crippen LogP) is 0.168. The summed E-state index contributed by atoms with van der Waals surface area (Å²) in [5.41, 5.74) is 10.9. The number of hydrogen-bond acceptors (Lipinski definition) is 5. The lowest BCUT2D eigenvalue weighted by atomic mass is 9.92. The van der Waals surface area contributed by atoms with E-state index in [1.165, 1.54) is 6.92 Å². The highest BCUT2D eigenvalue weighted by Gasteiger charge is 2.36. The summed E-state index contributed by atoms with van der Waals surface area (Å²) in [6, 6.07) is -0.999. The van der Waals surface area contributed by atoms with Crippen molar-refractivity contribution in [3.05, 3.63) is 11.8 Å². The molecular formula is C15H26N4O4. The topological polar surface area (TPSA) is 129 Å². The van der Waals surface area contributed by atoms with Crippen LogP contribution in [0, 0.1) is 0 Å². The Kier molecular flexibility index (Phi) is 7.53. The molecule has 0 radical (unpaired) electrons. The Morgan fingerprint density at radius 3 is 2.61 bits per heavy atom. The highest BCUT2D eigenvalue weighted by molar-refractivity contribution is 5.76. The minimum absolute atomic E-state index is 0.0340. The van der Waals surface area contributed by atoms with E-state index in [1.54, 1.807) is 6.08 Å². The van der Waals surface area contributed by atoms with E-state index in [0.29, 0.717) is 18.7 Å². The van der Waals surface area contributed by atoms with E-state index >= 15 is 0 Å². The minimum atomic E-state index is -0.563. The van der Waals surface area contributed by atoms with E-state index in [4.69, 9.17) is 20.9 Å². The SMILES string of the molecule is CCC(CC)O[C@@H]1CC(OC=O)=C[C@H](N=C(N)N)[C@H]1NC(C)=O. The molecule has 0 saturated heterocycles. The lowest BCUT2D eigenvalue weighted by Gasteiger charge is -2.36. The Hall–Kier alpha value is -2.09. The molecular weight excluding hydrogens is 300 g/mol. The third kappa shape index (κ3) is 5.90. The van der Waals surface area contributed by atoms with Gasteiger partial charge in [-0.25, -0.2) is 4.99 Å². The van der Waals surface area contributed by atoms with Gasteiger partial charge in [-0.3, -0.25) is 9.59 Å². The molecule has 0 bridgehead atoms. The monoisotopic (exact) mass is 326 g/mol. The maximum atomic E-state index is 11.5. The number of carbonyl (C=O) groups excluding carboxylic acids is 2. The van der Waals surface area contributed by atoms with Gasteiger partial charge in [0, 0.05) is 13.3 Å². The highest BCUT2D eigenvalue weighted by Crippen LogP contribution is 2.26. The summed E-state index contributed by atoms with van der Waals surface area (Å²) < 4.78 is 11.1. The summed E-state index contributed by atoms with van der Waals surface area (Å²) in [5, 5.41) is 2.83. The Labute approximate surface area is 136 Å². The first-order chi connectivity index (χ1) is 10.9. The Morgan fingerprint density at radius 2 is 2.13 bits per heavy atom. The second kappa shape index (κ2) is 9.14. The van der Waals surface area contributed by atoms with Crippen LogP contribution in [0.4, 0.5) is 0 Å². The molecule has 0 fully saturated rings. The van der Waals surface area contributed by atoms with Gasteiger partial charge in [-0.2, -0.15) is 0 Å². The van der Waals surface area contributed by atoms with Gasteiger partial charge in [0.25, 0.3) is 6.47 Å². The van der Waals surface area contributed by atoms with E-state index in [0.717, 1.165) is 12.8 Å². The van der Waals surface area contributed by atoms with Gasteiger partial charge in [0.2, 0.25) is 5.91 Å². The molecule has 1 rings (SSSR count). The first-order valence-electron chi connectivity index (χ1n) is 7.73. The van der Waals surface area contributed by atoms with Crippen molar-refractivity contribution in [1.29, 1.82) is 0 Å². The van der Waals surface area contributed by atoms with E-state index < -0.39 is 18.2 Å². The molecule has 0 heterocycles. The van der Waals surface area contributed by atoms with Gasteiger partial charge in [0.1, 0.15) is 5.76 Å². The number of hydrogen-bond donors (Lipinski definition) is 3. The molecule has 1 aliphatic carbocycles. The molecule has 23 heavy (non-hydrogen) atoms. The summed E-state index contributed by atoms with van der Waals surface area (Å²) in [6.45, 7) is 5.82. The number of carbonyl (C=O) groups is 2. The van der Waals surface area contributed by atoms with Crippen molar-refractivity contribution in [2.75, 3.05) is 0 Å². The van der Waals surface area contributed by atoms with Gasteiger partial charge >= 0.3 is 0 Å². The predicted molar refractivity (Wildman–Crippen MR) is 86.3 cm³/mol. The van der Waals surface area contributed by atoms with Crippen molar-refractivity contribution in [2.24, 2.45) is 16.5 Å². The van der Waals surface area contributed by atoms with Crippen molar-refractivity contribution in [3.63, 3.8) is 0 Å². The molecule has 0 aromatic carbocycles. The molecule has 1 aliphatic rings. The number of rotatable bonds is 8. The maximum Gasteiger partial charge on any atom is 0.298 e. The summed E-state index contributed by atoms with van der Waals surface area (Å²) in [6.07, 6.45) is 3.29. The molecule has 3 atom stereocenters. The average Bonchev–Trinajstić information content (AvgIpc) is 2.47. The van der Waals surface area contributed by atoms with Gasteiger partial charge in [0.05, 0.1) is 24.3 Å². The van der Waals surface area contributed by atoms with E-state index in [1.807, 2.05) is 13.8 Å². The molecule has 8 nitrogen and oxygen atoms in total. The van der Waals surface area contributed by atoms with Crippen LogP contribution in [0.25, 0.3) is 0 Å². The van der Waals surface area contributed by atoms with Gasteiger partial charge < -0.3 is 26.3 Å². The van der Waals surface area contributed by atoms with Crippen LogP contribution >= 0.6 is 0 Å². The van der Waals surface area contributed by atoms with Gasteiger partial charge in [-0.05, 0) is 18.9 Å². The van der Waals surface area contributed by atoms with E-state index in [9.17, 15) is 9.59 Å². The molecule has 1 amide bonds. The van der Waals surface area contributed by atoms with Crippen LogP contribution in [-0.2, 0) is 19.1 Å². The number of guanidine groups is 1. The van der Waals surface area contributed by atoms with Crippen LogP contribution in [0.3, 0.4) is 0 Å². The molecule has 0 aromatic rings. The Morgan fingerprint density at radius 1 is 1.48 bits per heavy atom. The van der Waals surface area contributed by atoms with Crippen LogP contribution in [0.15, 0.2) is 16.8 Å². The fourth-order valence-electron chi connectivity index (χ4n) is 2.62. The van der Waals surface area contributed by atoms with Gasteiger partial charge in [-0.1, -0.05) is 13.8 Å². The summed E-state index contributed by atoms with van der Waals surface area (Å²) >= 11 is 0. The molecule has 0 unspecified atom stereocenters. The Balaban J connectivity index is 3.11. The van der Waals surface area contributed by atoms with Crippen molar-refractivity contribution in [2.45, 2.75) is 64.3 Å². The first-order valence-corrected chi connectivity index (χ1v) is 7.73. The van der Waals surface area contributed by atoms with E-state index in [2.05, 4.69) is 10.3 Å². The van der Waals surface area contributed by atoms with Crippen molar-refractivity contribution >= 4 is 18.3 Å². The number of aliphatic imine (C=N–C) groups is 1.